The lowest BCUT2D eigenvalue weighted by Crippen LogP contribution is -2.33. The summed E-state index contributed by atoms with van der Waals surface area (Å²) in [7, 11) is 0. The first-order valence-electron chi connectivity index (χ1n) is 5.40. The maximum Gasteiger partial charge on any atom is 0.229 e. The zero-order chi connectivity index (χ0) is 10.8. The van der Waals surface area contributed by atoms with Crippen LogP contribution in [0.5, 0.6) is 0 Å². The Labute approximate surface area is 89.3 Å². The maximum absolute atomic E-state index is 11.3. The van der Waals surface area contributed by atoms with Crippen molar-refractivity contribution in [2.24, 2.45) is 0 Å². The van der Waals surface area contributed by atoms with Gasteiger partial charge in [0, 0.05) is 25.4 Å². The largest absolute Gasteiger partial charge is 0.310 e. The average molecular weight is 208 g/mol. The number of rotatable bonds is 5. The van der Waals surface area contributed by atoms with E-state index in [1.54, 1.807) is 0 Å². The first-order valence-corrected chi connectivity index (χ1v) is 5.40. The van der Waals surface area contributed by atoms with Crippen LogP contribution in [0.25, 0.3) is 0 Å². The summed E-state index contributed by atoms with van der Waals surface area (Å²) >= 11 is 0. The second-order valence-electron chi connectivity index (χ2n) is 4.28. The molecule has 2 rings (SSSR count). The second-order valence-corrected chi connectivity index (χ2v) is 4.28. The molecule has 0 aromatic heterocycles. The number of hydrogen-bond acceptors (Lipinski definition) is 3. The van der Waals surface area contributed by atoms with Crippen LogP contribution >= 0.6 is 0 Å². The van der Waals surface area contributed by atoms with E-state index >= 15 is 0 Å². The van der Waals surface area contributed by atoms with Crippen molar-refractivity contribution < 1.29 is 9.59 Å². The summed E-state index contributed by atoms with van der Waals surface area (Å²) < 4.78 is 0. The van der Waals surface area contributed by atoms with Crippen molar-refractivity contribution in [3.8, 4) is 0 Å². The molecule has 0 atom stereocenters. The van der Waals surface area contributed by atoms with Crippen LogP contribution < -0.4 is 5.32 Å². The highest BCUT2D eigenvalue weighted by atomic mass is 16.2. The predicted octanol–water partition coefficient (Wildman–Crippen LogP) is 0.444. The highest BCUT2D eigenvalue weighted by Gasteiger charge is 2.29. The lowest BCUT2D eigenvalue weighted by molar-refractivity contribution is -0.137. The maximum atomic E-state index is 11.3. The summed E-state index contributed by atoms with van der Waals surface area (Å²) in [6.45, 7) is 4.97. The molecule has 2 fully saturated rings. The molecule has 0 spiro atoms. The first-order chi connectivity index (χ1) is 7.16. The molecule has 2 amide bonds. The van der Waals surface area contributed by atoms with Gasteiger partial charge in [-0.05, 0) is 18.4 Å². The molecule has 1 saturated carbocycles. The quantitative estimate of drug-likeness (QED) is 0.527. The molecule has 0 radical (unpaired) electrons. The monoisotopic (exact) mass is 208 g/mol. The van der Waals surface area contributed by atoms with E-state index in [4.69, 9.17) is 0 Å². The van der Waals surface area contributed by atoms with Gasteiger partial charge in [-0.25, -0.2) is 0 Å². The molecule has 4 heteroatoms. The van der Waals surface area contributed by atoms with Crippen molar-refractivity contribution in [3.63, 3.8) is 0 Å². The van der Waals surface area contributed by atoms with E-state index in [2.05, 4.69) is 11.9 Å². The third kappa shape index (κ3) is 2.65. The van der Waals surface area contributed by atoms with E-state index in [-0.39, 0.29) is 11.8 Å². The zero-order valence-electron chi connectivity index (χ0n) is 8.79. The molecule has 1 saturated heterocycles. The zero-order valence-corrected chi connectivity index (χ0v) is 8.79. The Morgan fingerprint density at radius 3 is 2.47 bits per heavy atom. The van der Waals surface area contributed by atoms with E-state index in [9.17, 15) is 9.59 Å². The molecule has 4 nitrogen and oxygen atoms in total. The molecule has 1 aliphatic heterocycles. The van der Waals surface area contributed by atoms with Crippen molar-refractivity contribution in [1.82, 2.24) is 10.2 Å². The Balaban J connectivity index is 1.76. The SMILES string of the molecule is C=C(CNC1CC1)CN1C(=O)CCC1=O. The fourth-order valence-electron chi connectivity index (χ4n) is 1.65. The van der Waals surface area contributed by atoms with Gasteiger partial charge in [-0.1, -0.05) is 6.58 Å². The number of hydrogen-bond donors (Lipinski definition) is 1. The Morgan fingerprint density at radius 2 is 1.93 bits per heavy atom. The minimum Gasteiger partial charge on any atom is -0.310 e. The normalized spacial score (nSPS) is 21.2. The Morgan fingerprint density at radius 1 is 1.33 bits per heavy atom. The fourth-order valence-corrected chi connectivity index (χ4v) is 1.65. The van der Waals surface area contributed by atoms with E-state index < -0.39 is 0 Å². The van der Waals surface area contributed by atoms with E-state index in [1.165, 1.54) is 17.7 Å². The lowest BCUT2D eigenvalue weighted by Gasteiger charge is -2.15. The van der Waals surface area contributed by atoms with Gasteiger partial charge in [-0.2, -0.15) is 0 Å². The van der Waals surface area contributed by atoms with Crippen LogP contribution in [0.1, 0.15) is 25.7 Å². The van der Waals surface area contributed by atoms with E-state index in [0.29, 0.717) is 32.0 Å². The highest BCUT2D eigenvalue weighted by molar-refractivity contribution is 6.02. The Hall–Kier alpha value is -1.16. The van der Waals surface area contributed by atoms with Crippen LogP contribution in [0.15, 0.2) is 12.2 Å². The van der Waals surface area contributed by atoms with Crippen LogP contribution in [-0.2, 0) is 9.59 Å². The smallest absolute Gasteiger partial charge is 0.229 e. The van der Waals surface area contributed by atoms with Crippen molar-refractivity contribution in [2.45, 2.75) is 31.7 Å². The second kappa shape index (κ2) is 4.14. The molecule has 1 heterocycles. The van der Waals surface area contributed by atoms with E-state index in [0.717, 1.165) is 5.57 Å². The predicted molar refractivity (Wildman–Crippen MR) is 56.1 cm³/mol. The minimum absolute atomic E-state index is 0.0624. The molecule has 0 aromatic rings. The van der Waals surface area contributed by atoms with Gasteiger partial charge in [0.1, 0.15) is 0 Å². The number of imide groups is 1. The topological polar surface area (TPSA) is 49.4 Å². The molecule has 1 aliphatic carbocycles. The molecular weight excluding hydrogens is 192 g/mol. The standard InChI is InChI=1S/C11H16N2O2/c1-8(6-12-9-2-3-9)7-13-10(14)4-5-11(13)15/h9,12H,1-7H2. The number of carbonyl (C=O) groups is 2. The Bertz CT molecular complexity index is 292. The number of carbonyl (C=O) groups excluding carboxylic acids is 2. The lowest BCUT2D eigenvalue weighted by atomic mass is 10.3. The van der Waals surface area contributed by atoms with Crippen LogP contribution in [-0.4, -0.2) is 35.8 Å². The summed E-state index contributed by atoms with van der Waals surface area (Å²) in [6, 6.07) is 0.631. The molecule has 82 valence electrons. The van der Waals surface area contributed by atoms with Crippen LogP contribution in [0.3, 0.4) is 0 Å². The molecule has 1 N–H and O–H groups in total. The van der Waals surface area contributed by atoms with Crippen LogP contribution in [0.4, 0.5) is 0 Å². The summed E-state index contributed by atoms with van der Waals surface area (Å²) in [4.78, 5) is 23.9. The third-order valence-electron chi connectivity index (χ3n) is 2.75. The van der Waals surface area contributed by atoms with Gasteiger partial charge in [0.25, 0.3) is 0 Å². The van der Waals surface area contributed by atoms with Crippen molar-refractivity contribution in [2.75, 3.05) is 13.1 Å². The molecule has 0 aromatic carbocycles. The van der Waals surface area contributed by atoms with Gasteiger partial charge < -0.3 is 5.32 Å². The van der Waals surface area contributed by atoms with Crippen LogP contribution in [0.2, 0.25) is 0 Å². The van der Waals surface area contributed by atoms with Crippen molar-refractivity contribution in [3.05, 3.63) is 12.2 Å². The minimum atomic E-state index is -0.0624. The molecule has 2 aliphatic rings. The summed E-state index contributed by atoms with van der Waals surface area (Å²) in [5.41, 5.74) is 0.908. The summed E-state index contributed by atoms with van der Waals surface area (Å²) in [5, 5.41) is 3.31. The van der Waals surface area contributed by atoms with Gasteiger partial charge in [0.05, 0.1) is 6.54 Å². The van der Waals surface area contributed by atoms with Gasteiger partial charge in [0.15, 0.2) is 0 Å². The third-order valence-corrected chi connectivity index (χ3v) is 2.75. The summed E-state index contributed by atoms with van der Waals surface area (Å²) in [5.74, 6) is -0.125. The van der Waals surface area contributed by atoms with Gasteiger partial charge in [0.2, 0.25) is 11.8 Å². The summed E-state index contributed by atoms with van der Waals surface area (Å²) in [6.07, 6.45) is 3.19. The molecular formula is C11H16N2O2. The number of nitrogens with zero attached hydrogens (tertiary/aromatic N) is 1. The van der Waals surface area contributed by atoms with Crippen molar-refractivity contribution >= 4 is 11.8 Å². The fraction of sp³-hybridized carbons (Fsp3) is 0.636. The van der Waals surface area contributed by atoms with Crippen LogP contribution in [0, 0.1) is 0 Å². The van der Waals surface area contributed by atoms with Gasteiger partial charge >= 0.3 is 0 Å². The highest BCUT2D eigenvalue weighted by Crippen LogP contribution is 2.19. The van der Waals surface area contributed by atoms with Gasteiger partial charge in [-0.15, -0.1) is 0 Å². The molecule has 0 unspecified atom stereocenters. The Kier molecular flexibility index (Phi) is 2.86. The molecule has 15 heavy (non-hydrogen) atoms. The number of amides is 2. The number of nitrogens with one attached hydrogen (secondary N) is 1. The number of likely N-dealkylation sites (tertiary alicyclic amines) is 1. The average Bonchev–Trinajstić information content (AvgIpc) is 2.98. The van der Waals surface area contributed by atoms with Gasteiger partial charge in [-0.3, -0.25) is 14.5 Å². The molecule has 0 bridgehead atoms. The van der Waals surface area contributed by atoms with E-state index in [1.807, 2.05) is 0 Å². The van der Waals surface area contributed by atoms with Crippen molar-refractivity contribution in [1.29, 1.82) is 0 Å². The first kappa shape index (κ1) is 10.4.